The van der Waals surface area contributed by atoms with Crippen molar-refractivity contribution in [3.05, 3.63) is 25.4 Å². The fourth-order valence-corrected chi connectivity index (χ4v) is 1.82. The Morgan fingerprint density at radius 2 is 2.18 bits per heavy atom. The summed E-state index contributed by atoms with van der Waals surface area (Å²) < 4.78 is 39.1. The predicted octanol–water partition coefficient (Wildman–Crippen LogP) is 1.95. The van der Waals surface area contributed by atoms with Crippen LogP contribution in [0.1, 0.15) is 5.56 Å². The van der Waals surface area contributed by atoms with Gasteiger partial charge in [0.25, 0.3) is 5.69 Å². The van der Waals surface area contributed by atoms with Crippen molar-refractivity contribution in [3.8, 4) is 5.88 Å². The van der Waals surface area contributed by atoms with Crippen LogP contribution in [0.4, 0.5) is 18.9 Å². The lowest BCUT2D eigenvalue weighted by Crippen LogP contribution is -2.19. The van der Waals surface area contributed by atoms with Crippen molar-refractivity contribution in [2.45, 2.75) is 12.9 Å². The van der Waals surface area contributed by atoms with Crippen LogP contribution in [0.2, 0.25) is 0 Å². The summed E-state index contributed by atoms with van der Waals surface area (Å²) in [5.41, 5.74) is 4.73. The molecule has 94 valence electrons. The first-order valence-electron chi connectivity index (χ1n) is 4.04. The molecule has 0 aliphatic carbocycles. The zero-order valence-electron chi connectivity index (χ0n) is 7.99. The number of hydrogen-bond acceptors (Lipinski definition) is 5. The van der Waals surface area contributed by atoms with E-state index in [1.807, 2.05) is 0 Å². The number of hydrogen-bond donors (Lipinski definition) is 1. The topological polar surface area (TPSA) is 91.3 Å². The number of pyridine rings is 1. The first-order chi connectivity index (χ1) is 7.76. The van der Waals surface area contributed by atoms with E-state index in [4.69, 9.17) is 5.73 Å². The molecular weight excluding hydrogens is 358 g/mol. The van der Waals surface area contributed by atoms with E-state index >= 15 is 0 Å². The van der Waals surface area contributed by atoms with Crippen molar-refractivity contribution in [2.75, 3.05) is 0 Å². The molecule has 0 aliphatic heterocycles. The molecule has 0 aliphatic rings. The first kappa shape index (κ1) is 13.9. The fraction of sp³-hybridized carbons (Fsp3) is 0.286. The summed E-state index contributed by atoms with van der Waals surface area (Å²) in [5.74, 6) is -0.859. The molecular formula is C7H5F3IN3O3. The molecule has 0 fully saturated rings. The Hall–Kier alpha value is -1.17. The summed E-state index contributed by atoms with van der Waals surface area (Å²) in [4.78, 5) is 13.2. The molecule has 6 nitrogen and oxygen atoms in total. The maximum absolute atomic E-state index is 12.0. The van der Waals surface area contributed by atoms with E-state index in [0.717, 1.165) is 6.20 Å². The van der Waals surface area contributed by atoms with Gasteiger partial charge in [0.1, 0.15) is 0 Å². The first-order valence-corrected chi connectivity index (χ1v) is 5.11. The second-order valence-corrected chi connectivity index (χ2v) is 3.84. The molecule has 0 spiro atoms. The Bertz CT molecular complexity index is 452. The van der Waals surface area contributed by atoms with Crippen molar-refractivity contribution in [1.29, 1.82) is 0 Å². The van der Waals surface area contributed by atoms with Crippen LogP contribution in [0.3, 0.4) is 0 Å². The zero-order valence-corrected chi connectivity index (χ0v) is 10.2. The summed E-state index contributed by atoms with van der Waals surface area (Å²) in [6.07, 6.45) is -4.06. The molecule has 2 N–H and O–H groups in total. The minimum atomic E-state index is -4.95. The van der Waals surface area contributed by atoms with Gasteiger partial charge in [-0.1, -0.05) is 0 Å². The molecule has 1 aromatic heterocycles. The Morgan fingerprint density at radius 1 is 1.59 bits per heavy atom. The van der Waals surface area contributed by atoms with Gasteiger partial charge < -0.3 is 10.5 Å². The van der Waals surface area contributed by atoms with Gasteiger partial charge in [-0.3, -0.25) is 10.1 Å². The van der Waals surface area contributed by atoms with Crippen LogP contribution in [0.15, 0.2) is 6.20 Å². The molecule has 1 rings (SSSR count). The van der Waals surface area contributed by atoms with Crippen molar-refractivity contribution in [1.82, 2.24) is 4.98 Å². The van der Waals surface area contributed by atoms with Gasteiger partial charge in [0.2, 0.25) is 5.88 Å². The number of alkyl halides is 3. The third-order valence-corrected chi connectivity index (χ3v) is 2.62. The van der Waals surface area contributed by atoms with Crippen molar-refractivity contribution in [3.63, 3.8) is 0 Å². The summed E-state index contributed by atoms with van der Waals surface area (Å²) in [6, 6.07) is 0. The molecule has 17 heavy (non-hydrogen) atoms. The zero-order chi connectivity index (χ0) is 13.2. The lowest BCUT2D eigenvalue weighted by Gasteiger charge is -2.10. The molecule has 0 bridgehead atoms. The second kappa shape index (κ2) is 5.00. The predicted molar refractivity (Wildman–Crippen MR) is 58.2 cm³/mol. The molecule has 1 heterocycles. The van der Waals surface area contributed by atoms with Gasteiger partial charge in [-0.25, -0.2) is 4.98 Å². The van der Waals surface area contributed by atoms with E-state index in [0.29, 0.717) is 0 Å². The number of nitrogens with zero attached hydrogens (tertiary/aromatic N) is 2. The monoisotopic (exact) mass is 363 g/mol. The van der Waals surface area contributed by atoms with Crippen LogP contribution >= 0.6 is 22.6 Å². The number of nitrogens with two attached hydrogens (primary N) is 1. The van der Waals surface area contributed by atoms with Gasteiger partial charge in [0.15, 0.2) is 3.57 Å². The third kappa shape index (κ3) is 3.39. The Balaban J connectivity index is 3.28. The quantitative estimate of drug-likeness (QED) is 0.504. The van der Waals surface area contributed by atoms with E-state index in [2.05, 4.69) is 9.72 Å². The lowest BCUT2D eigenvalue weighted by molar-refractivity contribution is -0.386. The van der Waals surface area contributed by atoms with Gasteiger partial charge in [0.05, 0.1) is 10.5 Å². The Morgan fingerprint density at radius 3 is 2.59 bits per heavy atom. The highest BCUT2D eigenvalue weighted by Gasteiger charge is 2.35. The largest absolute Gasteiger partial charge is 0.574 e. The van der Waals surface area contributed by atoms with Crippen LogP contribution in [-0.2, 0) is 6.54 Å². The highest BCUT2D eigenvalue weighted by Crippen LogP contribution is 2.33. The molecule has 0 saturated carbocycles. The normalized spacial score (nSPS) is 11.4. The maximum atomic E-state index is 12.0. The minimum Gasteiger partial charge on any atom is -0.386 e. The van der Waals surface area contributed by atoms with E-state index in [9.17, 15) is 23.3 Å². The maximum Gasteiger partial charge on any atom is 0.574 e. The van der Waals surface area contributed by atoms with E-state index in [1.165, 1.54) is 22.6 Å². The van der Waals surface area contributed by atoms with Crippen LogP contribution in [-0.4, -0.2) is 16.3 Å². The van der Waals surface area contributed by atoms with Crippen LogP contribution in [0.25, 0.3) is 0 Å². The molecule has 10 heteroatoms. The number of nitro groups is 1. The van der Waals surface area contributed by atoms with Crippen molar-refractivity contribution in [2.24, 2.45) is 5.73 Å². The fourth-order valence-electron chi connectivity index (χ4n) is 1.02. The smallest absolute Gasteiger partial charge is 0.386 e. The van der Waals surface area contributed by atoms with Crippen LogP contribution in [0, 0.1) is 13.7 Å². The number of ether oxygens (including phenoxy) is 1. The molecule has 1 aromatic rings. The van der Waals surface area contributed by atoms with E-state index < -0.39 is 22.9 Å². The van der Waals surface area contributed by atoms with E-state index in [1.54, 1.807) is 0 Å². The molecule has 0 aromatic carbocycles. The van der Waals surface area contributed by atoms with Gasteiger partial charge in [0, 0.05) is 12.7 Å². The van der Waals surface area contributed by atoms with Gasteiger partial charge in [-0.15, -0.1) is 13.2 Å². The summed E-state index contributed by atoms with van der Waals surface area (Å²) >= 11 is 1.36. The number of aromatic nitrogens is 1. The Kier molecular flexibility index (Phi) is 4.08. The number of halogens is 4. The lowest BCUT2D eigenvalue weighted by atomic mass is 10.2. The molecule has 0 unspecified atom stereocenters. The number of rotatable bonds is 3. The van der Waals surface area contributed by atoms with Crippen molar-refractivity contribution >= 4 is 28.3 Å². The van der Waals surface area contributed by atoms with Gasteiger partial charge >= 0.3 is 6.36 Å². The SMILES string of the molecule is NCc1cnc(OC(F)(F)F)c(I)c1[N+](=O)[O-]. The standard InChI is InChI=1S/C7H5F3IN3O3/c8-7(9,10)17-6-4(11)5(14(15)16)3(1-12)2-13-6/h2H,1,12H2. The highest BCUT2D eigenvalue weighted by atomic mass is 127. The summed E-state index contributed by atoms with van der Waals surface area (Å²) in [6.45, 7) is -0.203. The molecule has 0 radical (unpaired) electrons. The molecule has 0 saturated heterocycles. The van der Waals surface area contributed by atoms with Crippen molar-refractivity contribution < 1.29 is 22.8 Å². The van der Waals surface area contributed by atoms with E-state index in [-0.39, 0.29) is 15.7 Å². The molecule has 0 amide bonds. The summed E-state index contributed by atoms with van der Waals surface area (Å²) in [5, 5.41) is 10.7. The van der Waals surface area contributed by atoms with Crippen LogP contribution in [0.5, 0.6) is 5.88 Å². The minimum absolute atomic E-state index is 0.0360. The molecule has 0 atom stereocenters. The van der Waals surface area contributed by atoms with Gasteiger partial charge in [-0.2, -0.15) is 0 Å². The highest BCUT2D eigenvalue weighted by molar-refractivity contribution is 14.1. The Labute approximate surface area is 106 Å². The summed E-state index contributed by atoms with van der Waals surface area (Å²) in [7, 11) is 0. The third-order valence-electron chi connectivity index (χ3n) is 1.65. The average molecular weight is 363 g/mol. The van der Waals surface area contributed by atoms with Gasteiger partial charge in [-0.05, 0) is 22.6 Å². The van der Waals surface area contributed by atoms with Crippen LogP contribution < -0.4 is 10.5 Å². The second-order valence-electron chi connectivity index (χ2n) is 2.76. The average Bonchev–Trinajstić information content (AvgIpc) is 2.18.